The maximum absolute atomic E-state index is 11.9. The quantitative estimate of drug-likeness (QED) is 0.762. The van der Waals surface area contributed by atoms with Crippen molar-refractivity contribution in [1.82, 2.24) is 5.32 Å². The Labute approximate surface area is 141 Å². The number of para-hydroxylation sites is 1. The second-order valence-corrected chi connectivity index (χ2v) is 5.22. The van der Waals surface area contributed by atoms with Gasteiger partial charge in [0.1, 0.15) is 5.75 Å². The third-order valence-electron chi connectivity index (χ3n) is 3.40. The SMILES string of the molecule is COc1ccc(NC(=O)NCCC(=O)Nc2ccccc2C)cc1. The van der Waals surface area contributed by atoms with Gasteiger partial charge in [-0.2, -0.15) is 0 Å². The number of urea groups is 1. The first-order valence-corrected chi connectivity index (χ1v) is 7.63. The second kappa shape index (κ2) is 8.57. The molecule has 0 aliphatic heterocycles. The van der Waals surface area contributed by atoms with Crippen LogP contribution in [-0.4, -0.2) is 25.6 Å². The summed E-state index contributed by atoms with van der Waals surface area (Å²) in [5.41, 5.74) is 2.43. The predicted molar refractivity (Wildman–Crippen MR) is 94.4 cm³/mol. The fourth-order valence-electron chi connectivity index (χ4n) is 2.07. The molecule has 0 aliphatic rings. The summed E-state index contributed by atoms with van der Waals surface area (Å²) in [4.78, 5) is 23.7. The molecular formula is C18H21N3O3. The molecule has 126 valence electrons. The summed E-state index contributed by atoms with van der Waals surface area (Å²) in [6.45, 7) is 2.18. The molecule has 0 saturated carbocycles. The number of ether oxygens (including phenoxy) is 1. The summed E-state index contributed by atoms with van der Waals surface area (Å²) in [5, 5.41) is 8.16. The molecule has 3 N–H and O–H groups in total. The molecule has 6 heteroatoms. The minimum atomic E-state index is -0.358. The molecule has 0 saturated heterocycles. The van der Waals surface area contributed by atoms with E-state index in [0.29, 0.717) is 11.4 Å². The van der Waals surface area contributed by atoms with Gasteiger partial charge in [0, 0.05) is 24.3 Å². The first-order chi connectivity index (χ1) is 11.6. The van der Waals surface area contributed by atoms with E-state index in [9.17, 15) is 9.59 Å². The third kappa shape index (κ3) is 5.31. The molecule has 2 aromatic carbocycles. The monoisotopic (exact) mass is 327 g/mol. The lowest BCUT2D eigenvalue weighted by atomic mass is 10.2. The van der Waals surface area contributed by atoms with Crippen molar-refractivity contribution in [2.45, 2.75) is 13.3 Å². The fraction of sp³-hybridized carbons (Fsp3) is 0.222. The molecule has 2 rings (SSSR count). The standard InChI is InChI=1S/C18H21N3O3/c1-13-5-3-4-6-16(13)21-17(22)11-12-19-18(23)20-14-7-9-15(24-2)10-8-14/h3-10H,11-12H2,1-2H3,(H,21,22)(H2,19,20,23). The van der Waals surface area contributed by atoms with E-state index in [1.807, 2.05) is 31.2 Å². The van der Waals surface area contributed by atoms with Crippen molar-refractivity contribution >= 4 is 23.3 Å². The molecule has 6 nitrogen and oxygen atoms in total. The summed E-state index contributed by atoms with van der Waals surface area (Å²) in [5.74, 6) is 0.572. The van der Waals surface area contributed by atoms with Crippen molar-refractivity contribution in [3.63, 3.8) is 0 Å². The Morgan fingerprint density at radius 2 is 1.71 bits per heavy atom. The maximum Gasteiger partial charge on any atom is 0.319 e. The minimum Gasteiger partial charge on any atom is -0.497 e. The number of nitrogens with one attached hydrogen (secondary N) is 3. The van der Waals surface area contributed by atoms with Gasteiger partial charge < -0.3 is 20.7 Å². The first kappa shape index (κ1) is 17.3. The lowest BCUT2D eigenvalue weighted by molar-refractivity contribution is -0.116. The van der Waals surface area contributed by atoms with Crippen LogP contribution in [0.1, 0.15) is 12.0 Å². The number of benzene rings is 2. The minimum absolute atomic E-state index is 0.144. The van der Waals surface area contributed by atoms with Gasteiger partial charge >= 0.3 is 6.03 Å². The van der Waals surface area contributed by atoms with E-state index in [4.69, 9.17) is 4.74 Å². The molecule has 0 bridgehead atoms. The topological polar surface area (TPSA) is 79.5 Å². The van der Waals surface area contributed by atoms with Crippen LogP contribution in [0.15, 0.2) is 48.5 Å². The van der Waals surface area contributed by atoms with E-state index in [-0.39, 0.29) is 24.9 Å². The lowest BCUT2D eigenvalue weighted by Crippen LogP contribution is -2.31. The molecule has 2 aromatic rings. The Bertz CT molecular complexity index is 699. The van der Waals surface area contributed by atoms with Gasteiger partial charge in [-0.1, -0.05) is 18.2 Å². The zero-order valence-corrected chi connectivity index (χ0v) is 13.8. The number of anilines is 2. The summed E-state index contributed by atoms with van der Waals surface area (Å²) in [6.07, 6.45) is 0.199. The van der Waals surface area contributed by atoms with Gasteiger partial charge in [-0.3, -0.25) is 4.79 Å². The highest BCUT2D eigenvalue weighted by molar-refractivity contribution is 5.93. The van der Waals surface area contributed by atoms with Crippen LogP contribution in [0.25, 0.3) is 0 Å². The molecule has 0 fully saturated rings. The van der Waals surface area contributed by atoms with Gasteiger partial charge in [0.25, 0.3) is 0 Å². The number of amides is 3. The van der Waals surface area contributed by atoms with Gasteiger partial charge in [0.05, 0.1) is 7.11 Å². The van der Waals surface area contributed by atoms with E-state index in [0.717, 1.165) is 11.3 Å². The molecule has 0 unspecified atom stereocenters. The first-order valence-electron chi connectivity index (χ1n) is 7.63. The largest absolute Gasteiger partial charge is 0.497 e. The fourth-order valence-corrected chi connectivity index (χ4v) is 2.07. The number of hydrogen-bond donors (Lipinski definition) is 3. The van der Waals surface area contributed by atoms with Crippen LogP contribution in [0.5, 0.6) is 5.75 Å². The van der Waals surface area contributed by atoms with Crippen LogP contribution in [-0.2, 0) is 4.79 Å². The summed E-state index contributed by atoms with van der Waals surface area (Å²) in [7, 11) is 1.58. The molecule has 0 heterocycles. The van der Waals surface area contributed by atoms with Crippen molar-refractivity contribution < 1.29 is 14.3 Å². The van der Waals surface area contributed by atoms with E-state index >= 15 is 0 Å². The Morgan fingerprint density at radius 1 is 1.00 bits per heavy atom. The van der Waals surface area contributed by atoms with Crippen LogP contribution in [0.4, 0.5) is 16.2 Å². The van der Waals surface area contributed by atoms with Crippen molar-refractivity contribution in [2.75, 3.05) is 24.3 Å². The van der Waals surface area contributed by atoms with Gasteiger partial charge in [-0.15, -0.1) is 0 Å². The summed E-state index contributed by atoms with van der Waals surface area (Å²) in [6, 6.07) is 14.2. The van der Waals surface area contributed by atoms with Crippen LogP contribution in [0, 0.1) is 6.92 Å². The van der Waals surface area contributed by atoms with Gasteiger partial charge in [0.15, 0.2) is 0 Å². The summed E-state index contributed by atoms with van der Waals surface area (Å²) < 4.78 is 5.05. The van der Waals surface area contributed by atoms with Crippen molar-refractivity contribution in [3.05, 3.63) is 54.1 Å². The van der Waals surface area contributed by atoms with Crippen LogP contribution in [0.2, 0.25) is 0 Å². The molecule has 0 radical (unpaired) electrons. The molecule has 24 heavy (non-hydrogen) atoms. The normalized spacial score (nSPS) is 9.92. The van der Waals surface area contributed by atoms with Crippen LogP contribution < -0.4 is 20.7 Å². The second-order valence-electron chi connectivity index (χ2n) is 5.22. The number of rotatable bonds is 6. The van der Waals surface area contributed by atoms with Crippen molar-refractivity contribution in [2.24, 2.45) is 0 Å². The maximum atomic E-state index is 11.9. The Hall–Kier alpha value is -3.02. The number of aryl methyl sites for hydroxylation is 1. The van der Waals surface area contributed by atoms with Crippen molar-refractivity contribution in [1.29, 1.82) is 0 Å². The average molecular weight is 327 g/mol. The lowest BCUT2D eigenvalue weighted by Gasteiger charge is -2.10. The van der Waals surface area contributed by atoms with Crippen molar-refractivity contribution in [3.8, 4) is 5.75 Å². The van der Waals surface area contributed by atoms with Crippen LogP contribution >= 0.6 is 0 Å². The zero-order valence-electron chi connectivity index (χ0n) is 13.8. The Kier molecular flexibility index (Phi) is 6.19. The molecule has 0 atom stereocenters. The van der Waals surface area contributed by atoms with E-state index in [1.165, 1.54) is 0 Å². The number of methoxy groups -OCH3 is 1. The van der Waals surface area contributed by atoms with Gasteiger partial charge in [0.2, 0.25) is 5.91 Å². The number of carbonyl (C=O) groups excluding carboxylic acids is 2. The predicted octanol–water partition coefficient (Wildman–Crippen LogP) is 3.15. The molecule has 3 amide bonds. The van der Waals surface area contributed by atoms with Gasteiger partial charge in [-0.25, -0.2) is 4.79 Å². The highest BCUT2D eigenvalue weighted by atomic mass is 16.5. The number of carbonyl (C=O) groups is 2. The Morgan fingerprint density at radius 3 is 2.38 bits per heavy atom. The summed E-state index contributed by atoms with van der Waals surface area (Å²) >= 11 is 0. The molecule has 0 aliphatic carbocycles. The highest BCUT2D eigenvalue weighted by Gasteiger charge is 2.06. The molecule has 0 aromatic heterocycles. The number of hydrogen-bond acceptors (Lipinski definition) is 3. The van der Waals surface area contributed by atoms with E-state index < -0.39 is 0 Å². The van der Waals surface area contributed by atoms with Gasteiger partial charge in [-0.05, 0) is 42.8 Å². The smallest absolute Gasteiger partial charge is 0.319 e. The average Bonchev–Trinajstić information content (AvgIpc) is 2.57. The highest BCUT2D eigenvalue weighted by Crippen LogP contribution is 2.15. The van der Waals surface area contributed by atoms with Crippen LogP contribution in [0.3, 0.4) is 0 Å². The third-order valence-corrected chi connectivity index (χ3v) is 3.40. The zero-order chi connectivity index (χ0) is 17.4. The van der Waals surface area contributed by atoms with E-state index in [2.05, 4.69) is 16.0 Å². The Balaban J connectivity index is 1.71. The molecule has 0 spiro atoms. The molecular weight excluding hydrogens is 306 g/mol. The van der Waals surface area contributed by atoms with E-state index in [1.54, 1.807) is 31.4 Å².